The number of carbonyl (C=O) groups excluding carboxylic acids is 1. The van der Waals surface area contributed by atoms with Crippen LogP contribution in [0.4, 0.5) is 17.6 Å². The van der Waals surface area contributed by atoms with Crippen LogP contribution in [-0.4, -0.2) is 59.5 Å². The van der Waals surface area contributed by atoms with Crippen molar-refractivity contribution in [2.45, 2.75) is 11.6 Å². The number of para-hydroxylation sites is 1. The van der Waals surface area contributed by atoms with Gasteiger partial charge in [0.2, 0.25) is 17.8 Å². The number of carbonyl (C=O) groups is 1. The third-order valence-corrected chi connectivity index (χ3v) is 5.69. The number of nitrogens with one attached hydrogen (secondary N) is 2. The van der Waals surface area contributed by atoms with Gasteiger partial charge in [0.1, 0.15) is 0 Å². The van der Waals surface area contributed by atoms with Crippen LogP contribution in [0, 0.1) is 0 Å². The van der Waals surface area contributed by atoms with Gasteiger partial charge >= 0.3 is 0 Å². The summed E-state index contributed by atoms with van der Waals surface area (Å²) >= 11 is 1.31. The third kappa shape index (κ3) is 6.66. The molecule has 0 bridgehead atoms. The highest BCUT2D eigenvalue weighted by atomic mass is 32.2. The summed E-state index contributed by atoms with van der Waals surface area (Å²) in [6.45, 7) is 3.32. The van der Waals surface area contributed by atoms with Gasteiger partial charge in [-0.1, -0.05) is 60.3 Å². The monoisotopic (exact) mass is 450 g/mol. The summed E-state index contributed by atoms with van der Waals surface area (Å²) in [4.78, 5) is 28.1. The maximum atomic E-state index is 12.3. The Hall–Kier alpha value is -3.17. The number of rotatable bonds is 9. The van der Waals surface area contributed by atoms with Crippen LogP contribution in [0.3, 0.4) is 0 Å². The van der Waals surface area contributed by atoms with Crippen molar-refractivity contribution in [2.24, 2.45) is 0 Å². The lowest BCUT2D eigenvalue weighted by atomic mass is 10.1. The zero-order valence-corrected chi connectivity index (χ0v) is 18.6. The number of thioether (sulfide) groups is 1. The highest BCUT2D eigenvalue weighted by molar-refractivity contribution is 7.99. The summed E-state index contributed by atoms with van der Waals surface area (Å²) in [5.41, 5.74) is 2.09. The van der Waals surface area contributed by atoms with Gasteiger partial charge in [0.15, 0.2) is 5.16 Å². The quantitative estimate of drug-likeness (QED) is 0.481. The number of anilines is 3. The zero-order valence-electron chi connectivity index (χ0n) is 17.7. The van der Waals surface area contributed by atoms with Crippen LogP contribution in [0.1, 0.15) is 5.56 Å². The van der Waals surface area contributed by atoms with Crippen LogP contribution in [0.5, 0.6) is 0 Å². The first kappa shape index (κ1) is 22.0. The second-order valence-corrected chi connectivity index (χ2v) is 8.15. The molecule has 0 aliphatic carbocycles. The number of hydrogen-bond acceptors (Lipinski definition) is 8. The summed E-state index contributed by atoms with van der Waals surface area (Å²) in [5, 5.41) is 6.70. The van der Waals surface area contributed by atoms with Crippen molar-refractivity contribution in [3.8, 4) is 0 Å². The van der Waals surface area contributed by atoms with Gasteiger partial charge in [-0.2, -0.15) is 15.0 Å². The summed E-state index contributed by atoms with van der Waals surface area (Å²) in [6, 6.07) is 19.8. The van der Waals surface area contributed by atoms with Gasteiger partial charge in [0.25, 0.3) is 0 Å². The van der Waals surface area contributed by atoms with Gasteiger partial charge in [0, 0.05) is 25.3 Å². The van der Waals surface area contributed by atoms with Gasteiger partial charge in [-0.15, -0.1) is 0 Å². The van der Waals surface area contributed by atoms with Gasteiger partial charge in [-0.05, 0) is 24.1 Å². The lowest BCUT2D eigenvalue weighted by Gasteiger charge is -2.27. The molecule has 1 aliphatic heterocycles. The van der Waals surface area contributed by atoms with Crippen molar-refractivity contribution >= 4 is 35.3 Å². The van der Waals surface area contributed by atoms with E-state index in [1.165, 1.54) is 17.3 Å². The number of ether oxygens (including phenoxy) is 1. The zero-order chi connectivity index (χ0) is 22.0. The maximum Gasteiger partial charge on any atom is 0.233 e. The predicted molar refractivity (Wildman–Crippen MR) is 126 cm³/mol. The molecule has 1 fully saturated rings. The molecule has 0 radical (unpaired) electrons. The number of morpholine rings is 1. The summed E-state index contributed by atoms with van der Waals surface area (Å²) in [5.74, 6) is 1.25. The van der Waals surface area contributed by atoms with Crippen LogP contribution < -0.4 is 15.5 Å². The van der Waals surface area contributed by atoms with E-state index in [4.69, 9.17) is 4.74 Å². The lowest BCUT2D eigenvalue weighted by molar-refractivity contribution is -0.118. The van der Waals surface area contributed by atoms with Crippen molar-refractivity contribution in [3.05, 3.63) is 66.2 Å². The van der Waals surface area contributed by atoms with Crippen LogP contribution >= 0.6 is 11.8 Å². The van der Waals surface area contributed by atoms with Crippen LogP contribution in [0.25, 0.3) is 0 Å². The van der Waals surface area contributed by atoms with E-state index < -0.39 is 0 Å². The molecule has 0 atom stereocenters. The minimum atomic E-state index is -0.0446. The Balaban J connectivity index is 1.38. The summed E-state index contributed by atoms with van der Waals surface area (Å²) in [6.07, 6.45) is 0.801. The first-order valence-corrected chi connectivity index (χ1v) is 11.6. The SMILES string of the molecule is O=C(CSc1nc(Nc2ccccc2)nc(N2CCOCC2)n1)NCCc1ccccc1. The Bertz CT molecular complexity index is 1000. The van der Waals surface area contributed by atoms with E-state index in [2.05, 4.69) is 42.6 Å². The Morgan fingerprint density at radius 1 is 0.969 bits per heavy atom. The molecule has 0 saturated carbocycles. The number of benzene rings is 2. The van der Waals surface area contributed by atoms with E-state index in [0.29, 0.717) is 36.8 Å². The molecule has 2 heterocycles. The van der Waals surface area contributed by atoms with Crippen molar-refractivity contribution in [2.75, 3.05) is 48.8 Å². The van der Waals surface area contributed by atoms with E-state index in [0.717, 1.165) is 25.2 Å². The van der Waals surface area contributed by atoms with Gasteiger partial charge in [-0.25, -0.2) is 0 Å². The minimum Gasteiger partial charge on any atom is -0.378 e. The molecule has 2 aromatic carbocycles. The Kier molecular flexibility index (Phi) is 7.89. The molecule has 1 aromatic heterocycles. The Morgan fingerprint density at radius 3 is 2.44 bits per heavy atom. The molecule has 0 unspecified atom stereocenters. The molecule has 3 aromatic rings. The highest BCUT2D eigenvalue weighted by Gasteiger charge is 2.17. The fraction of sp³-hybridized carbons (Fsp3) is 0.304. The third-order valence-electron chi connectivity index (χ3n) is 4.84. The molecule has 0 spiro atoms. The smallest absolute Gasteiger partial charge is 0.233 e. The molecule has 1 aliphatic rings. The maximum absolute atomic E-state index is 12.3. The van der Waals surface area contributed by atoms with Crippen molar-refractivity contribution in [1.82, 2.24) is 20.3 Å². The van der Waals surface area contributed by atoms with Gasteiger partial charge in [0.05, 0.1) is 19.0 Å². The van der Waals surface area contributed by atoms with E-state index in [9.17, 15) is 4.79 Å². The first-order chi connectivity index (χ1) is 15.8. The van der Waals surface area contributed by atoms with Gasteiger partial charge < -0.3 is 20.3 Å². The normalized spacial score (nSPS) is 13.6. The molecule has 166 valence electrons. The van der Waals surface area contributed by atoms with Crippen molar-refractivity contribution < 1.29 is 9.53 Å². The second kappa shape index (κ2) is 11.4. The fourth-order valence-electron chi connectivity index (χ4n) is 3.19. The van der Waals surface area contributed by atoms with E-state index in [1.807, 2.05) is 48.5 Å². The lowest BCUT2D eigenvalue weighted by Crippen LogP contribution is -2.37. The summed E-state index contributed by atoms with van der Waals surface area (Å²) < 4.78 is 5.44. The standard InChI is InChI=1S/C23H26N6O2S/c30-20(24-12-11-18-7-3-1-4-8-18)17-32-23-27-21(25-19-9-5-2-6-10-19)26-22(28-23)29-13-15-31-16-14-29/h1-10H,11-17H2,(H,24,30)(H,25,26,27,28). The van der Waals surface area contributed by atoms with Gasteiger partial charge in [-0.3, -0.25) is 4.79 Å². The molecule has 1 saturated heterocycles. The van der Waals surface area contributed by atoms with E-state index in [-0.39, 0.29) is 11.7 Å². The van der Waals surface area contributed by atoms with E-state index >= 15 is 0 Å². The second-order valence-electron chi connectivity index (χ2n) is 7.21. The highest BCUT2D eigenvalue weighted by Crippen LogP contribution is 2.21. The molecule has 2 N–H and O–H groups in total. The number of hydrogen-bond donors (Lipinski definition) is 2. The number of amides is 1. The molecule has 4 rings (SSSR count). The summed E-state index contributed by atoms with van der Waals surface area (Å²) in [7, 11) is 0. The Morgan fingerprint density at radius 2 is 1.69 bits per heavy atom. The largest absolute Gasteiger partial charge is 0.378 e. The predicted octanol–water partition coefficient (Wildman–Crippen LogP) is 2.90. The minimum absolute atomic E-state index is 0.0446. The average Bonchev–Trinajstić information content (AvgIpc) is 2.84. The molecular formula is C23H26N6O2S. The van der Waals surface area contributed by atoms with Crippen LogP contribution in [0.2, 0.25) is 0 Å². The molecule has 1 amide bonds. The topological polar surface area (TPSA) is 92.3 Å². The van der Waals surface area contributed by atoms with Crippen molar-refractivity contribution in [1.29, 1.82) is 0 Å². The molecule has 32 heavy (non-hydrogen) atoms. The molecular weight excluding hydrogens is 424 g/mol. The first-order valence-electron chi connectivity index (χ1n) is 10.6. The van der Waals surface area contributed by atoms with Crippen LogP contribution in [0.15, 0.2) is 65.8 Å². The molecule has 8 nitrogen and oxygen atoms in total. The number of nitrogens with zero attached hydrogens (tertiary/aromatic N) is 4. The van der Waals surface area contributed by atoms with Crippen molar-refractivity contribution in [3.63, 3.8) is 0 Å². The van der Waals surface area contributed by atoms with E-state index in [1.54, 1.807) is 0 Å². The average molecular weight is 451 g/mol. The fourth-order valence-corrected chi connectivity index (χ4v) is 3.85. The number of aromatic nitrogens is 3. The molecule has 9 heteroatoms. The van der Waals surface area contributed by atoms with Crippen LogP contribution in [-0.2, 0) is 16.0 Å². The Labute approximate surface area is 191 Å².